The zero-order chi connectivity index (χ0) is 26.9. The minimum atomic E-state index is -10.2. The Labute approximate surface area is 210 Å². The minimum absolute atomic E-state index is 0.0565. The monoisotopic (exact) mass is 574 g/mol. The number of hydrogen-bond donors (Lipinski definition) is 2. The molecular weight excluding hydrogens is 558 g/mol. The lowest BCUT2D eigenvalue weighted by Gasteiger charge is -2.40. The molecule has 16 heteroatoms. The van der Waals surface area contributed by atoms with Gasteiger partial charge < -0.3 is 9.84 Å². The third kappa shape index (κ3) is 4.79. The molecule has 1 aromatic heterocycles. The van der Waals surface area contributed by atoms with Gasteiger partial charge in [-0.25, -0.2) is 9.48 Å². The van der Waals surface area contributed by atoms with Crippen LogP contribution in [-0.4, -0.2) is 33.1 Å². The Bertz CT molecular complexity index is 1330. The van der Waals surface area contributed by atoms with Crippen molar-refractivity contribution in [3.05, 3.63) is 33.4 Å². The zero-order valence-corrected chi connectivity index (χ0v) is 20.5. The average Bonchev–Trinajstić information content (AvgIpc) is 3.63. The van der Waals surface area contributed by atoms with E-state index in [9.17, 15) is 39.4 Å². The van der Waals surface area contributed by atoms with Gasteiger partial charge in [0.15, 0.2) is 5.69 Å². The van der Waals surface area contributed by atoms with E-state index in [2.05, 4.69) is 10.4 Å². The van der Waals surface area contributed by atoms with E-state index in [1.165, 1.54) is 0 Å². The van der Waals surface area contributed by atoms with Gasteiger partial charge in [0.05, 0.1) is 21.0 Å². The summed E-state index contributed by atoms with van der Waals surface area (Å²) in [5, 5.41) is 23.7. The molecule has 2 N–H and O–H groups in total. The summed E-state index contributed by atoms with van der Waals surface area (Å²) in [6.45, 7) is 1.64. The lowest BCUT2D eigenvalue weighted by Crippen LogP contribution is -2.26. The number of ether oxygens (including phenoxy) is 1. The first kappa shape index (κ1) is 26.3. The first-order valence-electron chi connectivity index (χ1n) is 10.4. The highest BCUT2D eigenvalue weighted by Crippen LogP contribution is 3.02. The van der Waals surface area contributed by atoms with Crippen LogP contribution in [0.4, 0.5) is 30.0 Å². The number of aliphatic carboxylic acids is 1. The summed E-state index contributed by atoms with van der Waals surface area (Å²) in [5.74, 6) is -1.65. The summed E-state index contributed by atoms with van der Waals surface area (Å²) in [7, 11) is -10.2. The second-order valence-electron chi connectivity index (χ2n) is 8.76. The molecule has 2 saturated carbocycles. The summed E-state index contributed by atoms with van der Waals surface area (Å²) in [5.41, 5.74) is -2.93. The SMILES string of the molecule is CC(OC(=O)Nc1c(C2(C(=O)O)CC2)c(C#N)nn1-c1c(Cl)cc(S(F)(F)(F)(F)F)cc1Cl)C1CC1. The number of amides is 1. The van der Waals surface area contributed by atoms with Gasteiger partial charge in [-0.3, -0.25) is 10.1 Å². The number of rotatable bonds is 7. The van der Waals surface area contributed by atoms with Gasteiger partial charge in [-0.2, -0.15) is 10.4 Å². The highest BCUT2D eigenvalue weighted by molar-refractivity contribution is 8.45. The summed E-state index contributed by atoms with van der Waals surface area (Å²) >= 11 is 11.9. The molecule has 0 saturated heterocycles. The van der Waals surface area contributed by atoms with Crippen molar-refractivity contribution in [2.45, 2.75) is 49.0 Å². The maximum atomic E-state index is 13.3. The highest BCUT2D eigenvalue weighted by Gasteiger charge is 2.66. The molecule has 0 radical (unpaired) electrons. The van der Waals surface area contributed by atoms with Crippen molar-refractivity contribution in [2.24, 2.45) is 5.92 Å². The van der Waals surface area contributed by atoms with E-state index in [-0.39, 0.29) is 36.5 Å². The maximum absolute atomic E-state index is 13.3. The van der Waals surface area contributed by atoms with Gasteiger partial charge in [0, 0.05) is 0 Å². The van der Waals surface area contributed by atoms with Crippen LogP contribution >= 0.6 is 33.4 Å². The number of anilines is 1. The first-order valence-corrected chi connectivity index (χ1v) is 13.1. The average molecular weight is 575 g/mol. The van der Waals surface area contributed by atoms with Crippen molar-refractivity contribution in [2.75, 3.05) is 5.32 Å². The first-order chi connectivity index (χ1) is 16.4. The van der Waals surface area contributed by atoms with E-state index < -0.39 is 65.9 Å². The molecule has 2 fully saturated rings. The highest BCUT2D eigenvalue weighted by atomic mass is 35.5. The number of benzene rings is 1. The van der Waals surface area contributed by atoms with Gasteiger partial charge in [0.25, 0.3) is 0 Å². The largest absolute Gasteiger partial charge is 0.481 e. The molecule has 2 aliphatic rings. The number of nitriles is 1. The van der Waals surface area contributed by atoms with Gasteiger partial charge in [-0.05, 0) is 50.7 Å². The summed E-state index contributed by atoms with van der Waals surface area (Å²) in [4.78, 5) is 22.3. The zero-order valence-electron chi connectivity index (χ0n) is 18.2. The number of hydrogen-bond acceptors (Lipinski definition) is 5. The summed E-state index contributed by atoms with van der Waals surface area (Å²) < 4.78 is 72.6. The van der Waals surface area contributed by atoms with Crippen molar-refractivity contribution in [1.29, 1.82) is 5.26 Å². The molecule has 2 aliphatic carbocycles. The molecular formula is C20H17Cl2F5N4O4S. The van der Waals surface area contributed by atoms with Crippen LogP contribution in [-0.2, 0) is 14.9 Å². The Morgan fingerprint density at radius 1 is 1.25 bits per heavy atom. The van der Waals surface area contributed by atoms with Gasteiger partial charge >= 0.3 is 22.3 Å². The second kappa shape index (κ2) is 7.62. The van der Waals surface area contributed by atoms with Gasteiger partial charge in [0.1, 0.15) is 28.6 Å². The fourth-order valence-corrected chi connectivity index (χ4v) is 5.30. The van der Waals surface area contributed by atoms with Crippen LogP contribution < -0.4 is 5.32 Å². The molecule has 196 valence electrons. The van der Waals surface area contributed by atoms with Crippen LogP contribution in [0.25, 0.3) is 5.69 Å². The number of carboxylic acids is 1. The van der Waals surface area contributed by atoms with Crippen LogP contribution in [0, 0.1) is 17.2 Å². The topological polar surface area (TPSA) is 117 Å². The molecule has 8 nitrogen and oxygen atoms in total. The number of carboxylic acid groups (broad SMARTS) is 1. The molecule has 1 amide bonds. The number of carbonyl (C=O) groups excluding carboxylic acids is 1. The number of carbonyl (C=O) groups is 2. The molecule has 0 bridgehead atoms. The van der Waals surface area contributed by atoms with Crippen molar-refractivity contribution in [3.8, 4) is 11.8 Å². The Morgan fingerprint density at radius 3 is 2.22 bits per heavy atom. The van der Waals surface area contributed by atoms with Crippen LogP contribution in [0.15, 0.2) is 17.0 Å². The predicted molar refractivity (Wildman–Crippen MR) is 121 cm³/mol. The quantitative estimate of drug-likeness (QED) is 0.338. The Morgan fingerprint density at radius 2 is 1.81 bits per heavy atom. The fourth-order valence-electron chi connectivity index (χ4n) is 3.85. The number of aromatic nitrogens is 2. The van der Waals surface area contributed by atoms with E-state index in [4.69, 9.17) is 27.9 Å². The van der Waals surface area contributed by atoms with Crippen molar-refractivity contribution < 1.29 is 38.9 Å². The summed E-state index contributed by atoms with van der Waals surface area (Å²) in [6.07, 6.45) is 0.242. The van der Waals surface area contributed by atoms with Crippen molar-refractivity contribution in [3.63, 3.8) is 0 Å². The molecule has 2 aromatic rings. The molecule has 1 heterocycles. The van der Waals surface area contributed by atoms with E-state index >= 15 is 0 Å². The van der Waals surface area contributed by atoms with Gasteiger partial charge in [0.2, 0.25) is 0 Å². The molecule has 0 spiro atoms. The second-order valence-corrected chi connectivity index (χ2v) is 12.0. The van der Waals surface area contributed by atoms with Gasteiger partial charge in [-0.1, -0.05) is 42.6 Å². The number of halogens is 7. The summed E-state index contributed by atoms with van der Waals surface area (Å²) in [6, 6.07) is 1.58. The van der Waals surface area contributed by atoms with E-state index in [0.717, 1.165) is 12.8 Å². The van der Waals surface area contributed by atoms with Crippen LogP contribution in [0.1, 0.15) is 43.9 Å². The lowest BCUT2D eigenvalue weighted by molar-refractivity contribution is -0.140. The third-order valence-electron chi connectivity index (χ3n) is 6.08. The van der Waals surface area contributed by atoms with Crippen LogP contribution in [0.3, 0.4) is 0 Å². The lowest BCUT2D eigenvalue weighted by atomic mass is 9.95. The number of nitrogens with zero attached hydrogens (tertiary/aromatic N) is 3. The fraction of sp³-hybridized carbons (Fsp3) is 0.400. The minimum Gasteiger partial charge on any atom is -0.481 e. The van der Waals surface area contributed by atoms with E-state index in [1.807, 2.05) is 0 Å². The predicted octanol–water partition coefficient (Wildman–Crippen LogP) is 7.17. The Balaban J connectivity index is 1.90. The third-order valence-corrected chi connectivity index (χ3v) is 7.78. The van der Waals surface area contributed by atoms with Crippen molar-refractivity contribution >= 4 is 51.3 Å². The standard InChI is InChI=1S/C20H17Cl2F5N4O4S/c1-9(10-2-3-10)35-19(34)29-17-15(20(4-5-20)18(32)33)14(8-28)30-31(17)16-12(21)6-11(7-13(16)22)36(23,24,25,26)27/h6-7,9-10H,2-5H2,1H3,(H,29,34)(H,32,33). The van der Waals surface area contributed by atoms with E-state index in [1.54, 1.807) is 13.0 Å². The molecule has 1 unspecified atom stereocenters. The smallest absolute Gasteiger partial charge is 0.413 e. The molecule has 1 atom stereocenters. The normalized spacial score (nSPS) is 19.4. The van der Waals surface area contributed by atoms with Crippen LogP contribution in [0.2, 0.25) is 10.0 Å². The van der Waals surface area contributed by atoms with E-state index in [0.29, 0.717) is 4.68 Å². The Kier molecular flexibility index (Phi) is 5.57. The molecule has 36 heavy (non-hydrogen) atoms. The Hall–Kier alpha value is -2.76. The maximum Gasteiger partial charge on any atom is 0.413 e. The molecule has 4 rings (SSSR count). The molecule has 1 aromatic carbocycles. The molecule has 0 aliphatic heterocycles. The van der Waals surface area contributed by atoms with Crippen LogP contribution in [0.5, 0.6) is 0 Å². The number of nitrogens with one attached hydrogen (secondary N) is 1. The van der Waals surface area contributed by atoms with Gasteiger partial charge in [-0.15, -0.1) is 0 Å². The van der Waals surface area contributed by atoms with Crippen molar-refractivity contribution in [1.82, 2.24) is 9.78 Å².